The van der Waals surface area contributed by atoms with Crippen LogP contribution in [-0.2, 0) is 0 Å². The number of nitrogens with one attached hydrogen (secondary N) is 1. The average molecular weight is 240 g/mol. The smallest absolute Gasteiger partial charge is 0.277 e. The highest BCUT2D eigenvalue weighted by Gasteiger charge is 2.11. The van der Waals surface area contributed by atoms with Crippen molar-refractivity contribution in [1.82, 2.24) is 19.6 Å². The van der Waals surface area contributed by atoms with E-state index in [1.165, 1.54) is 0 Å². The van der Waals surface area contributed by atoms with Gasteiger partial charge >= 0.3 is 0 Å². The van der Waals surface area contributed by atoms with Crippen LogP contribution in [0.5, 0.6) is 0 Å². The molecule has 0 unspecified atom stereocenters. The predicted octanol–water partition coefficient (Wildman–Crippen LogP) is 1.70. The van der Waals surface area contributed by atoms with E-state index in [4.69, 9.17) is 0 Å². The summed E-state index contributed by atoms with van der Waals surface area (Å²) in [5.41, 5.74) is 1.91. The lowest BCUT2D eigenvalue weighted by Crippen LogP contribution is -2.14. The van der Waals surface area contributed by atoms with Crippen LogP contribution in [0.15, 0.2) is 35.1 Å². The molecule has 5 heteroatoms. The monoisotopic (exact) mass is 240 g/mol. The fraction of sp³-hybridized carbons (Fsp3) is 0.154. The Morgan fingerprint density at radius 2 is 1.89 bits per heavy atom. The van der Waals surface area contributed by atoms with Crippen molar-refractivity contribution in [3.8, 4) is 11.4 Å². The van der Waals surface area contributed by atoms with E-state index in [2.05, 4.69) is 15.1 Å². The lowest BCUT2D eigenvalue weighted by atomic mass is 10.2. The third kappa shape index (κ3) is 1.52. The molecule has 0 atom stereocenters. The van der Waals surface area contributed by atoms with Crippen molar-refractivity contribution in [3.05, 3.63) is 52.2 Å². The minimum atomic E-state index is -0.165. The lowest BCUT2D eigenvalue weighted by molar-refractivity contribution is 0.850. The van der Waals surface area contributed by atoms with E-state index in [0.29, 0.717) is 22.9 Å². The Morgan fingerprint density at radius 1 is 1.17 bits per heavy atom. The van der Waals surface area contributed by atoms with Gasteiger partial charge in [-0.2, -0.15) is 0 Å². The molecule has 0 radical (unpaired) electrons. The number of hydrogen-bond acceptors (Lipinski definition) is 3. The van der Waals surface area contributed by atoms with E-state index < -0.39 is 0 Å². The van der Waals surface area contributed by atoms with E-state index in [0.717, 1.165) is 5.56 Å². The fourth-order valence-corrected chi connectivity index (χ4v) is 2.06. The van der Waals surface area contributed by atoms with Gasteiger partial charge in [0.1, 0.15) is 5.82 Å². The first kappa shape index (κ1) is 10.7. The lowest BCUT2D eigenvalue weighted by Gasteiger charge is -2.02. The largest absolute Gasteiger partial charge is 0.303 e. The molecule has 0 aliphatic carbocycles. The van der Waals surface area contributed by atoms with Gasteiger partial charge in [0.05, 0.1) is 5.69 Å². The summed E-state index contributed by atoms with van der Waals surface area (Å²) < 4.78 is 1.59. The Kier molecular flexibility index (Phi) is 2.26. The summed E-state index contributed by atoms with van der Waals surface area (Å²) in [4.78, 5) is 19.1. The number of nitrogens with zero attached hydrogens (tertiary/aromatic N) is 3. The molecule has 3 rings (SSSR count). The average Bonchev–Trinajstić information content (AvgIpc) is 2.66. The number of benzene rings is 1. The zero-order valence-electron chi connectivity index (χ0n) is 10.1. The van der Waals surface area contributed by atoms with E-state index in [-0.39, 0.29) is 5.56 Å². The highest BCUT2D eigenvalue weighted by molar-refractivity contribution is 5.57. The van der Waals surface area contributed by atoms with Gasteiger partial charge in [0.15, 0.2) is 11.3 Å². The summed E-state index contributed by atoms with van der Waals surface area (Å²) in [6.45, 7) is 3.64. The van der Waals surface area contributed by atoms with Crippen LogP contribution in [0.1, 0.15) is 11.5 Å². The molecule has 0 fully saturated rings. The molecule has 0 saturated carbocycles. The first-order valence-electron chi connectivity index (χ1n) is 5.68. The van der Waals surface area contributed by atoms with E-state index in [9.17, 15) is 4.79 Å². The molecular formula is C13H12N4O. The summed E-state index contributed by atoms with van der Waals surface area (Å²) in [5, 5.41) is 4.43. The molecular weight excluding hydrogens is 228 g/mol. The van der Waals surface area contributed by atoms with Crippen molar-refractivity contribution in [2.75, 3.05) is 0 Å². The second kappa shape index (κ2) is 3.80. The molecule has 3 aromatic rings. The first-order valence-corrected chi connectivity index (χ1v) is 5.68. The highest BCUT2D eigenvalue weighted by Crippen LogP contribution is 2.13. The maximum atomic E-state index is 12.1. The SMILES string of the molecule is Cc1nc(C)n2nc(-c3ccccc3)[nH]c(=O)c12. The van der Waals surface area contributed by atoms with Crippen LogP contribution in [-0.4, -0.2) is 19.6 Å². The van der Waals surface area contributed by atoms with Gasteiger partial charge in [0, 0.05) is 5.56 Å². The standard InChI is InChI=1S/C13H12N4O/c1-8-11-13(18)15-12(10-6-4-3-5-7-10)16-17(11)9(2)14-8/h3-7H,1-2H3,(H,15,16,18). The molecule has 0 aliphatic rings. The minimum Gasteiger partial charge on any atom is -0.303 e. The number of aromatic amines is 1. The van der Waals surface area contributed by atoms with Crippen molar-refractivity contribution in [2.45, 2.75) is 13.8 Å². The summed E-state index contributed by atoms with van der Waals surface area (Å²) in [6.07, 6.45) is 0. The number of aryl methyl sites for hydroxylation is 2. The van der Waals surface area contributed by atoms with Gasteiger partial charge in [-0.1, -0.05) is 30.3 Å². The Morgan fingerprint density at radius 3 is 2.61 bits per heavy atom. The molecule has 18 heavy (non-hydrogen) atoms. The summed E-state index contributed by atoms with van der Waals surface area (Å²) in [6, 6.07) is 9.55. The second-order valence-electron chi connectivity index (χ2n) is 4.17. The molecule has 0 spiro atoms. The minimum absolute atomic E-state index is 0.165. The van der Waals surface area contributed by atoms with E-state index >= 15 is 0 Å². The van der Waals surface area contributed by atoms with Crippen LogP contribution >= 0.6 is 0 Å². The quantitative estimate of drug-likeness (QED) is 0.704. The molecule has 0 bridgehead atoms. The first-order chi connectivity index (χ1) is 8.66. The fourth-order valence-electron chi connectivity index (χ4n) is 2.06. The van der Waals surface area contributed by atoms with Gasteiger partial charge < -0.3 is 4.98 Å². The van der Waals surface area contributed by atoms with Crippen molar-refractivity contribution in [3.63, 3.8) is 0 Å². The maximum Gasteiger partial charge on any atom is 0.277 e. The van der Waals surface area contributed by atoms with Crippen LogP contribution in [0.4, 0.5) is 0 Å². The second-order valence-corrected chi connectivity index (χ2v) is 4.17. The summed E-state index contributed by atoms with van der Waals surface area (Å²) >= 11 is 0. The predicted molar refractivity (Wildman–Crippen MR) is 68.5 cm³/mol. The molecule has 0 saturated heterocycles. The van der Waals surface area contributed by atoms with Gasteiger partial charge in [-0.15, -0.1) is 5.10 Å². The number of aromatic nitrogens is 4. The zero-order chi connectivity index (χ0) is 12.7. The summed E-state index contributed by atoms with van der Waals surface area (Å²) in [7, 11) is 0. The van der Waals surface area contributed by atoms with Crippen LogP contribution in [0, 0.1) is 13.8 Å². The Hall–Kier alpha value is -2.43. The normalized spacial score (nSPS) is 11.0. The highest BCUT2D eigenvalue weighted by atomic mass is 16.1. The van der Waals surface area contributed by atoms with Gasteiger partial charge in [-0.05, 0) is 13.8 Å². The number of imidazole rings is 1. The Labute approximate surface area is 103 Å². The molecule has 0 aliphatic heterocycles. The van der Waals surface area contributed by atoms with Crippen molar-refractivity contribution < 1.29 is 0 Å². The Bertz CT molecular complexity index is 771. The topological polar surface area (TPSA) is 63.1 Å². The van der Waals surface area contributed by atoms with E-state index in [1.54, 1.807) is 11.4 Å². The van der Waals surface area contributed by atoms with E-state index in [1.807, 2.05) is 37.3 Å². The number of H-pyrrole nitrogens is 1. The molecule has 1 N–H and O–H groups in total. The number of fused-ring (bicyclic) bond motifs is 1. The summed E-state index contributed by atoms with van der Waals surface area (Å²) in [5.74, 6) is 1.26. The third-order valence-electron chi connectivity index (χ3n) is 2.88. The van der Waals surface area contributed by atoms with Gasteiger partial charge in [0.25, 0.3) is 5.56 Å². The molecule has 1 aromatic carbocycles. The zero-order valence-corrected chi connectivity index (χ0v) is 10.1. The van der Waals surface area contributed by atoms with Crippen molar-refractivity contribution in [2.24, 2.45) is 0 Å². The molecule has 5 nitrogen and oxygen atoms in total. The van der Waals surface area contributed by atoms with Crippen molar-refractivity contribution >= 4 is 5.52 Å². The van der Waals surface area contributed by atoms with Crippen molar-refractivity contribution in [1.29, 1.82) is 0 Å². The van der Waals surface area contributed by atoms with Gasteiger partial charge in [-0.25, -0.2) is 9.50 Å². The van der Waals surface area contributed by atoms with Gasteiger partial charge in [-0.3, -0.25) is 4.79 Å². The van der Waals surface area contributed by atoms with Crippen LogP contribution in [0.3, 0.4) is 0 Å². The third-order valence-corrected chi connectivity index (χ3v) is 2.88. The van der Waals surface area contributed by atoms with Gasteiger partial charge in [0.2, 0.25) is 0 Å². The number of rotatable bonds is 1. The maximum absolute atomic E-state index is 12.1. The molecule has 0 amide bonds. The van der Waals surface area contributed by atoms with Crippen LogP contribution in [0.25, 0.3) is 16.9 Å². The number of hydrogen-bond donors (Lipinski definition) is 1. The van der Waals surface area contributed by atoms with Crippen LogP contribution < -0.4 is 5.56 Å². The van der Waals surface area contributed by atoms with Crippen LogP contribution in [0.2, 0.25) is 0 Å². The molecule has 2 heterocycles. The molecule has 2 aromatic heterocycles. The molecule has 90 valence electrons. The Balaban J connectivity index is 2.35.